The van der Waals surface area contributed by atoms with Gasteiger partial charge in [0.05, 0.1) is 0 Å². The maximum atomic E-state index is 5.85. The Bertz CT molecular complexity index is 395. The van der Waals surface area contributed by atoms with Crippen molar-refractivity contribution in [1.29, 1.82) is 0 Å². The highest BCUT2D eigenvalue weighted by Gasteiger charge is 2.29. The normalized spacial score (nSPS) is 19.5. The summed E-state index contributed by atoms with van der Waals surface area (Å²) in [5, 5.41) is 0. The van der Waals surface area contributed by atoms with Crippen molar-refractivity contribution in [2.45, 2.75) is 46.6 Å². The highest BCUT2D eigenvalue weighted by Crippen LogP contribution is 2.35. The summed E-state index contributed by atoms with van der Waals surface area (Å²) < 4.78 is 0. The number of pyridine rings is 1. The molecule has 3 nitrogen and oxygen atoms in total. The van der Waals surface area contributed by atoms with E-state index in [2.05, 4.69) is 42.8 Å². The average Bonchev–Trinajstić information content (AvgIpc) is 2.38. The minimum absolute atomic E-state index is 0.0631. The first-order valence-electron chi connectivity index (χ1n) is 7.34. The third kappa shape index (κ3) is 3.47. The lowest BCUT2D eigenvalue weighted by atomic mass is 9.75. The number of piperidine rings is 1. The van der Waals surface area contributed by atoms with Gasteiger partial charge in [-0.05, 0) is 42.7 Å². The minimum atomic E-state index is 0.0631. The van der Waals surface area contributed by atoms with E-state index in [1.807, 2.05) is 13.1 Å². The molecule has 1 aliphatic rings. The SMILES string of the molecule is C[C@@H](N)c1ccc(N2CCC(C(C)(C)C)CC2)nc1. The Labute approximate surface area is 117 Å². The smallest absolute Gasteiger partial charge is 0.128 e. The van der Waals surface area contributed by atoms with E-state index in [0.29, 0.717) is 5.41 Å². The second kappa shape index (κ2) is 5.49. The fourth-order valence-electron chi connectivity index (χ4n) is 2.83. The predicted octanol–water partition coefficient (Wildman–Crippen LogP) is 3.36. The highest BCUT2D eigenvalue weighted by molar-refractivity contribution is 5.40. The summed E-state index contributed by atoms with van der Waals surface area (Å²) in [7, 11) is 0. The fourth-order valence-corrected chi connectivity index (χ4v) is 2.83. The van der Waals surface area contributed by atoms with Gasteiger partial charge in [-0.1, -0.05) is 26.8 Å². The van der Waals surface area contributed by atoms with Crippen LogP contribution in [0.3, 0.4) is 0 Å². The largest absolute Gasteiger partial charge is 0.357 e. The minimum Gasteiger partial charge on any atom is -0.357 e. The lowest BCUT2D eigenvalue weighted by molar-refractivity contribution is 0.198. The molecule has 1 atom stereocenters. The van der Waals surface area contributed by atoms with Crippen molar-refractivity contribution in [1.82, 2.24) is 4.98 Å². The van der Waals surface area contributed by atoms with Crippen LogP contribution in [0.1, 0.15) is 52.1 Å². The van der Waals surface area contributed by atoms with Crippen LogP contribution in [0.5, 0.6) is 0 Å². The molecule has 1 aromatic rings. The third-order valence-electron chi connectivity index (χ3n) is 4.34. The third-order valence-corrected chi connectivity index (χ3v) is 4.34. The Hall–Kier alpha value is -1.09. The maximum Gasteiger partial charge on any atom is 0.128 e. The zero-order valence-electron chi connectivity index (χ0n) is 12.7. The molecule has 0 bridgehead atoms. The summed E-state index contributed by atoms with van der Waals surface area (Å²) in [6, 6.07) is 4.27. The maximum absolute atomic E-state index is 5.85. The number of rotatable bonds is 2. The number of hydrogen-bond donors (Lipinski definition) is 1. The van der Waals surface area contributed by atoms with Crippen molar-refractivity contribution in [2.24, 2.45) is 17.1 Å². The molecule has 2 N–H and O–H groups in total. The molecule has 1 saturated heterocycles. The lowest BCUT2D eigenvalue weighted by Gasteiger charge is -2.39. The van der Waals surface area contributed by atoms with E-state index in [0.717, 1.165) is 30.4 Å². The number of nitrogens with zero attached hydrogens (tertiary/aromatic N) is 2. The van der Waals surface area contributed by atoms with Crippen molar-refractivity contribution in [2.75, 3.05) is 18.0 Å². The first-order valence-corrected chi connectivity index (χ1v) is 7.34. The van der Waals surface area contributed by atoms with Crippen LogP contribution in [0.15, 0.2) is 18.3 Å². The molecule has 1 aromatic heterocycles. The van der Waals surface area contributed by atoms with Crippen molar-refractivity contribution in [3.63, 3.8) is 0 Å². The zero-order chi connectivity index (χ0) is 14.0. The van der Waals surface area contributed by atoms with E-state index in [4.69, 9.17) is 5.73 Å². The van der Waals surface area contributed by atoms with Crippen LogP contribution in [0.2, 0.25) is 0 Å². The summed E-state index contributed by atoms with van der Waals surface area (Å²) in [5.74, 6) is 1.92. The molecule has 0 amide bonds. The number of aromatic nitrogens is 1. The summed E-state index contributed by atoms with van der Waals surface area (Å²) in [6.07, 6.45) is 4.44. The topological polar surface area (TPSA) is 42.1 Å². The molecular formula is C16H27N3. The summed E-state index contributed by atoms with van der Waals surface area (Å²) in [5.41, 5.74) is 7.39. The van der Waals surface area contributed by atoms with Crippen LogP contribution in [0.4, 0.5) is 5.82 Å². The average molecular weight is 261 g/mol. The summed E-state index contributed by atoms with van der Waals surface area (Å²) in [4.78, 5) is 6.95. The van der Waals surface area contributed by atoms with Gasteiger partial charge in [-0.3, -0.25) is 0 Å². The predicted molar refractivity (Wildman–Crippen MR) is 81.2 cm³/mol. The van der Waals surface area contributed by atoms with Crippen molar-refractivity contribution >= 4 is 5.82 Å². The number of hydrogen-bond acceptors (Lipinski definition) is 3. The van der Waals surface area contributed by atoms with Crippen LogP contribution in [-0.4, -0.2) is 18.1 Å². The molecule has 0 unspecified atom stereocenters. The second-order valence-corrected chi connectivity index (χ2v) is 6.87. The van der Waals surface area contributed by atoms with Gasteiger partial charge >= 0.3 is 0 Å². The summed E-state index contributed by atoms with van der Waals surface area (Å²) in [6.45, 7) is 11.3. The highest BCUT2D eigenvalue weighted by atomic mass is 15.2. The second-order valence-electron chi connectivity index (χ2n) is 6.87. The summed E-state index contributed by atoms with van der Waals surface area (Å²) >= 11 is 0. The molecule has 1 fully saturated rings. The van der Waals surface area contributed by atoms with E-state index < -0.39 is 0 Å². The molecule has 0 radical (unpaired) electrons. The Morgan fingerprint density at radius 1 is 1.26 bits per heavy atom. The first-order chi connectivity index (χ1) is 8.88. The van der Waals surface area contributed by atoms with Gasteiger partial charge in [0.1, 0.15) is 5.82 Å². The fraction of sp³-hybridized carbons (Fsp3) is 0.688. The number of nitrogens with two attached hydrogens (primary N) is 1. The molecule has 3 heteroatoms. The van der Waals surface area contributed by atoms with Crippen LogP contribution >= 0.6 is 0 Å². The zero-order valence-corrected chi connectivity index (χ0v) is 12.7. The van der Waals surface area contributed by atoms with Crippen LogP contribution in [0, 0.1) is 11.3 Å². The van der Waals surface area contributed by atoms with Crippen molar-refractivity contribution in [3.8, 4) is 0 Å². The quantitative estimate of drug-likeness (QED) is 0.887. The standard InChI is InChI=1S/C16H27N3/c1-12(17)13-5-6-15(18-11-13)19-9-7-14(8-10-19)16(2,3)4/h5-6,11-12,14H,7-10,17H2,1-4H3/t12-/m1/s1. The van der Waals surface area contributed by atoms with Gasteiger partial charge in [-0.25, -0.2) is 4.98 Å². The van der Waals surface area contributed by atoms with E-state index >= 15 is 0 Å². The number of anilines is 1. The molecule has 0 spiro atoms. The van der Waals surface area contributed by atoms with E-state index in [1.54, 1.807) is 0 Å². The first kappa shape index (κ1) is 14.3. The molecule has 0 aromatic carbocycles. The molecular weight excluding hydrogens is 234 g/mol. The van der Waals surface area contributed by atoms with Crippen LogP contribution < -0.4 is 10.6 Å². The van der Waals surface area contributed by atoms with Crippen molar-refractivity contribution in [3.05, 3.63) is 23.9 Å². The van der Waals surface area contributed by atoms with Gasteiger partial charge < -0.3 is 10.6 Å². The molecule has 2 heterocycles. The van der Waals surface area contributed by atoms with Crippen LogP contribution in [-0.2, 0) is 0 Å². The molecule has 2 rings (SSSR count). The van der Waals surface area contributed by atoms with Gasteiger partial charge in [0.2, 0.25) is 0 Å². The lowest BCUT2D eigenvalue weighted by Crippen LogP contribution is -2.38. The molecule has 1 aliphatic heterocycles. The van der Waals surface area contributed by atoms with E-state index in [1.165, 1.54) is 12.8 Å². The molecule has 19 heavy (non-hydrogen) atoms. The van der Waals surface area contributed by atoms with Crippen LogP contribution in [0.25, 0.3) is 0 Å². The molecule has 106 valence electrons. The Balaban J connectivity index is 1.98. The molecule has 0 saturated carbocycles. The van der Waals surface area contributed by atoms with Gasteiger partial charge in [0.15, 0.2) is 0 Å². The van der Waals surface area contributed by atoms with E-state index in [9.17, 15) is 0 Å². The Morgan fingerprint density at radius 3 is 2.32 bits per heavy atom. The van der Waals surface area contributed by atoms with Gasteiger partial charge in [-0.15, -0.1) is 0 Å². The van der Waals surface area contributed by atoms with Gasteiger partial charge in [0.25, 0.3) is 0 Å². The van der Waals surface area contributed by atoms with Gasteiger partial charge in [0, 0.05) is 25.3 Å². The van der Waals surface area contributed by atoms with Crippen molar-refractivity contribution < 1.29 is 0 Å². The molecule has 0 aliphatic carbocycles. The Morgan fingerprint density at radius 2 is 1.89 bits per heavy atom. The Kier molecular flexibility index (Phi) is 4.14. The van der Waals surface area contributed by atoms with E-state index in [-0.39, 0.29) is 6.04 Å². The monoisotopic (exact) mass is 261 g/mol. The van der Waals surface area contributed by atoms with Gasteiger partial charge in [-0.2, -0.15) is 0 Å².